The molecular formula is C24H25N3O7S. The number of hydrogen-bond donors (Lipinski definition) is 2. The zero-order valence-corrected chi connectivity index (χ0v) is 20.2. The molecule has 0 aliphatic carbocycles. The molecule has 184 valence electrons. The molecule has 0 spiro atoms. The van der Waals surface area contributed by atoms with Crippen molar-refractivity contribution in [1.82, 2.24) is 4.90 Å². The van der Waals surface area contributed by atoms with Crippen molar-refractivity contribution < 1.29 is 28.0 Å². The van der Waals surface area contributed by atoms with Crippen molar-refractivity contribution in [3.8, 4) is 11.5 Å². The lowest BCUT2D eigenvalue weighted by molar-refractivity contribution is -0.385. The van der Waals surface area contributed by atoms with Crippen LogP contribution < -0.4 is 9.46 Å². The molecule has 0 unspecified atom stereocenters. The van der Waals surface area contributed by atoms with Crippen LogP contribution in [0.25, 0.3) is 0 Å². The van der Waals surface area contributed by atoms with Crippen LogP contribution >= 0.6 is 0 Å². The standard InChI is InChI=1S/C24H25N3O7S/c1-16-11-17(2)13-20(12-16)34-10-9-26(3)24(29)22-14-18(7-8-23(22)28)25-35(32,33)21-6-4-5-19(15-21)27(30)31/h4-8,11-15,25,28H,9-10H2,1-3H3. The number of non-ortho nitro benzene ring substituents is 1. The Kier molecular flexibility index (Phi) is 7.60. The normalized spacial score (nSPS) is 11.1. The number of ether oxygens (including phenoxy) is 1. The Morgan fingerprint density at radius 1 is 1.09 bits per heavy atom. The molecule has 3 rings (SSSR count). The summed E-state index contributed by atoms with van der Waals surface area (Å²) in [5.41, 5.74) is 1.63. The highest BCUT2D eigenvalue weighted by molar-refractivity contribution is 7.92. The van der Waals surface area contributed by atoms with E-state index < -0.39 is 20.9 Å². The fourth-order valence-corrected chi connectivity index (χ4v) is 4.46. The second kappa shape index (κ2) is 10.4. The molecule has 3 aromatic carbocycles. The average Bonchev–Trinajstić information content (AvgIpc) is 2.79. The number of rotatable bonds is 9. The number of nitro benzene ring substituents is 1. The smallest absolute Gasteiger partial charge is 0.270 e. The number of sulfonamides is 1. The highest BCUT2D eigenvalue weighted by atomic mass is 32.2. The average molecular weight is 500 g/mol. The number of anilines is 1. The lowest BCUT2D eigenvalue weighted by Crippen LogP contribution is -2.31. The summed E-state index contributed by atoms with van der Waals surface area (Å²) >= 11 is 0. The second-order valence-corrected chi connectivity index (χ2v) is 9.67. The first kappa shape index (κ1) is 25.5. The molecule has 1 amide bonds. The van der Waals surface area contributed by atoms with Gasteiger partial charge in [0.15, 0.2) is 0 Å². The highest BCUT2D eigenvalue weighted by Gasteiger charge is 2.21. The van der Waals surface area contributed by atoms with Gasteiger partial charge in [0.2, 0.25) is 0 Å². The third-order valence-electron chi connectivity index (χ3n) is 5.06. The molecule has 11 heteroatoms. The van der Waals surface area contributed by atoms with E-state index in [2.05, 4.69) is 4.72 Å². The molecule has 10 nitrogen and oxygen atoms in total. The molecule has 0 aliphatic heterocycles. The lowest BCUT2D eigenvalue weighted by Gasteiger charge is -2.19. The molecule has 0 saturated heterocycles. The molecule has 35 heavy (non-hydrogen) atoms. The third kappa shape index (κ3) is 6.48. The van der Waals surface area contributed by atoms with Gasteiger partial charge in [-0.1, -0.05) is 12.1 Å². The maximum atomic E-state index is 12.9. The van der Waals surface area contributed by atoms with Crippen molar-refractivity contribution in [2.45, 2.75) is 18.7 Å². The highest BCUT2D eigenvalue weighted by Crippen LogP contribution is 2.26. The minimum Gasteiger partial charge on any atom is -0.507 e. The van der Waals surface area contributed by atoms with Crippen molar-refractivity contribution >= 4 is 27.3 Å². The molecule has 0 atom stereocenters. The first-order valence-electron chi connectivity index (χ1n) is 10.5. The molecule has 0 bridgehead atoms. The van der Waals surface area contributed by atoms with Crippen LogP contribution in [-0.4, -0.2) is 49.5 Å². The Morgan fingerprint density at radius 3 is 2.43 bits per heavy atom. The zero-order chi connectivity index (χ0) is 25.8. The summed E-state index contributed by atoms with van der Waals surface area (Å²) in [6.45, 7) is 4.34. The van der Waals surface area contributed by atoms with E-state index in [1.165, 1.54) is 48.3 Å². The van der Waals surface area contributed by atoms with Crippen molar-refractivity contribution in [3.05, 3.63) is 87.5 Å². The van der Waals surface area contributed by atoms with Crippen LogP contribution in [0, 0.1) is 24.0 Å². The minimum absolute atomic E-state index is 0.0116. The number of aryl methyl sites for hydroxylation is 2. The Morgan fingerprint density at radius 2 is 1.77 bits per heavy atom. The zero-order valence-electron chi connectivity index (χ0n) is 19.4. The van der Waals surface area contributed by atoms with E-state index in [1.54, 1.807) is 0 Å². The number of nitrogens with one attached hydrogen (secondary N) is 1. The van der Waals surface area contributed by atoms with Crippen LogP contribution in [0.1, 0.15) is 21.5 Å². The van der Waals surface area contributed by atoms with Crippen LogP contribution in [0.5, 0.6) is 11.5 Å². The van der Waals surface area contributed by atoms with Crippen molar-refractivity contribution in [3.63, 3.8) is 0 Å². The van der Waals surface area contributed by atoms with E-state index in [0.29, 0.717) is 5.75 Å². The van der Waals surface area contributed by atoms with Crippen LogP contribution in [0.15, 0.2) is 65.6 Å². The topological polar surface area (TPSA) is 139 Å². The predicted molar refractivity (Wildman–Crippen MR) is 130 cm³/mol. The van der Waals surface area contributed by atoms with Gasteiger partial charge in [0.25, 0.3) is 21.6 Å². The van der Waals surface area contributed by atoms with Crippen molar-refractivity contribution in [2.24, 2.45) is 0 Å². The molecule has 0 fully saturated rings. The molecule has 0 heterocycles. The quantitative estimate of drug-likeness (QED) is 0.259. The fourth-order valence-electron chi connectivity index (χ4n) is 3.37. The van der Waals surface area contributed by atoms with Crippen LogP contribution in [0.4, 0.5) is 11.4 Å². The number of nitrogens with zero attached hydrogens (tertiary/aromatic N) is 2. The molecular weight excluding hydrogens is 474 g/mol. The van der Waals surface area contributed by atoms with Gasteiger partial charge in [-0.2, -0.15) is 0 Å². The summed E-state index contributed by atoms with van der Waals surface area (Å²) in [5.74, 6) is -0.179. The number of benzene rings is 3. The summed E-state index contributed by atoms with van der Waals surface area (Å²) in [4.78, 5) is 24.2. The van der Waals surface area contributed by atoms with E-state index >= 15 is 0 Å². The van der Waals surface area contributed by atoms with Gasteiger partial charge >= 0.3 is 0 Å². The van der Waals surface area contributed by atoms with Gasteiger partial charge in [0.1, 0.15) is 18.1 Å². The van der Waals surface area contributed by atoms with Gasteiger partial charge in [-0.05, 0) is 61.4 Å². The minimum atomic E-state index is -4.18. The molecule has 0 radical (unpaired) electrons. The SMILES string of the molecule is Cc1cc(C)cc(OCCN(C)C(=O)c2cc(NS(=O)(=O)c3cccc([N+](=O)[O-])c3)ccc2O)c1. The van der Waals surface area contributed by atoms with Crippen LogP contribution in [-0.2, 0) is 10.0 Å². The van der Waals surface area contributed by atoms with E-state index in [0.717, 1.165) is 17.2 Å². The van der Waals surface area contributed by atoms with Crippen LogP contribution in [0.2, 0.25) is 0 Å². The first-order chi connectivity index (χ1) is 16.5. The summed E-state index contributed by atoms with van der Waals surface area (Å²) in [5, 5.41) is 21.2. The van der Waals surface area contributed by atoms with Gasteiger partial charge in [0, 0.05) is 24.9 Å². The summed E-state index contributed by atoms with van der Waals surface area (Å²) in [7, 11) is -2.64. The van der Waals surface area contributed by atoms with Crippen molar-refractivity contribution in [1.29, 1.82) is 0 Å². The fraction of sp³-hybridized carbons (Fsp3) is 0.208. The van der Waals surface area contributed by atoms with Gasteiger partial charge in [-0.15, -0.1) is 0 Å². The Hall–Kier alpha value is -4.12. The second-order valence-electron chi connectivity index (χ2n) is 7.99. The molecule has 0 aliphatic rings. The number of carbonyl (C=O) groups excluding carboxylic acids is 1. The summed E-state index contributed by atoms with van der Waals surface area (Å²) in [6.07, 6.45) is 0. The maximum absolute atomic E-state index is 12.9. The largest absolute Gasteiger partial charge is 0.507 e. The van der Waals surface area contributed by atoms with Gasteiger partial charge < -0.3 is 14.7 Å². The number of carbonyl (C=O) groups is 1. The van der Waals surface area contributed by atoms with Gasteiger partial charge in [-0.3, -0.25) is 19.6 Å². The number of likely N-dealkylation sites (N-methyl/N-ethyl adjacent to an activating group) is 1. The maximum Gasteiger partial charge on any atom is 0.270 e. The molecule has 2 N–H and O–H groups in total. The number of nitro groups is 1. The molecule has 0 aromatic heterocycles. The number of amides is 1. The monoisotopic (exact) mass is 499 g/mol. The summed E-state index contributed by atoms with van der Waals surface area (Å²) in [6, 6.07) is 14.0. The summed E-state index contributed by atoms with van der Waals surface area (Å²) < 4.78 is 33.4. The van der Waals surface area contributed by atoms with E-state index in [-0.39, 0.29) is 40.7 Å². The van der Waals surface area contributed by atoms with Gasteiger partial charge in [-0.25, -0.2) is 8.42 Å². The lowest BCUT2D eigenvalue weighted by atomic mass is 10.1. The van der Waals surface area contributed by atoms with E-state index in [4.69, 9.17) is 4.74 Å². The molecule has 0 saturated carbocycles. The van der Waals surface area contributed by atoms with E-state index in [1.807, 2.05) is 32.0 Å². The van der Waals surface area contributed by atoms with Gasteiger partial charge in [0.05, 0.1) is 21.9 Å². The predicted octanol–water partition coefficient (Wildman–Crippen LogP) is 3.87. The molecule has 3 aromatic rings. The number of phenolic OH excluding ortho intramolecular Hbond substituents is 1. The first-order valence-corrected chi connectivity index (χ1v) is 12.0. The Bertz CT molecular complexity index is 1350. The number of aromatic hydroxyl groups is 1. The Balaban J connectivity index is 1.71. The number of hydrogen-bond acceptors (Lipinski definition) is 7. The van der Waals surface area contributed by atoms with Crippen LogP contribution in [0.3, 0.4) is 0 Å². The Labute approximate surface area is 203 Å². The third-order valence-corrected chi connectivity index (χ3v) is 6.43. The number of phenols is 1. The van der Waals surface area contributed by atoms with E-state index in [9.17, 15) is 28.4 Å². The van der Waals surface area contributed by atoms with Crippen molar-refractivity contribution in [2.75, 3.05) is 24.9 Å².